The van der Waals surface area contributed by atoms with E-state index in [1.807, 2.05) is 6.92 Å². The molecule has 19 heavy (non-hydrogen) atoms. The third kappa shape index (κ3) is 5.52. The standard InChI is InChI=1S/C16H32N2O/c1-13(2)11-16(8-4-5-9-16)12-18-15(19)14(3)7-6-10-17/h13-14H,4-12,17H2,1-3H3,(H,18,19). The highest BCUT2D eigenvalue weighted by atomic mass is 16.1. The maximum atomic E-state index is 12.1. The molecule has 1 atom stereocenters. The molecule has 0 aliphatic heterocycles. The third-order valence-corrected chi connectivity index (χ3v) is 4.43. The van der Waals surface area contributed by atoms with Crippen LogP contribution in [0.2, 0.25) is 0 Å². The fraction of sp³-hybridized carbons (Fsp3) is 0.938. The van der Waals surface area contributed by atoms with Crippen molar-refractivity contribution in [3.63, 3.8) is 0 Å². The molecule has 1 aliphatic rings. The fourth-order valence-corrected chi connectivity index (χ4v) is 3.45. The van der Waals surface area contributed by atoms with Crippen molar-refractivity contribution < 1.29 is 4.79 Å². The molecule has 0 bridgehead atoms. The SMILES string of the molecule is CC(C)CC1(CNC(=O)C(C)CCCN)CCCC1. The van der Waals surface area contributed by atoms with Gasteiger partial charge in [0.15, 0.2) is 0 Å². The first-order valence-electron chi connectivity index (χ1n) is 7.97. The minimum absolute atomic E-state index is 0.0982. The van der Waals surface area contributed by atoms with Crippen LogP contribution in [0.4, 0.5) is 0 Å². The highest BCUT2D eigenvalue weighted by Gasteiger charge is 2.34. The first kappa shape index (κ1) is 16.5. The van der Waals surface area contributed by atoms with E-state index in [4.69, 9.17) is 5.73 Å². The lowest BCUT2D eigenvalue weighted by Crippen LogP contribution is -2.39. The molecular formula is C16H32N2O. The number of rotatable bonds is 8. The lowest BCUT2D eigenvalue weighted by atomic mass is 9.78. The summed E-state index contributed by atoms with van der Waals surface area (Å²) in [6.45, 7) is 8.12. The zero-order chi connectivity index (χ0) is 14.3. The Kier molecular flexibility index (Phi) is 6.84. The summed E-state index contributed by atoms with van der Waals surface area (Å²) in [5.74, 6) is 1.02. The molecule has 0 spiro atoms. The lowest BCUT2D eigenvalue weighted by Gasteiger charge is -2.31. The molecule has 0 aromatic carbocycles. The number of carbonyl (C=O) groups is 1. The van der Waals surface area contributed by atoms with E-state index in [-0.39, 0.29) is 11.8 Å². The minimum atomic E-state index is 0.0982. The van der Waals surface area contributed by atoms with Crippen molar-refractivity contribution in [2.24, 2.45) is 23.0 Å². The first-order valence-corrected chi connectivity index (χ1v) is 7.97. The van der Waals surface area contributed by atoms with Crippen LogP contribution in [0.1, 0.15) is 65.7 Å². The van der Waals surface area contributed by atoms with E-state index < -0.39 is 0 Å². The van der Waals surface area contributed by atoms with Crippen LogP contribution in [0.3, 0.4) is 0 Å². The largest absolute Gasteiger partial charge is 0.355 e. The Hall–Kier alpha value is -0.570. The van der Waals surface area contributed by atoms with Gasteiger partial charge >= 0.3 is 0 Å². The van der Waals surface area contributed by atoms with Crippen LogP contribution in [0.5, 0.6) is 0 Å². The van der Waals surface area contributed by atoms with Crippen LogP contribution in [0.15, 0.2) is 0 Å². The zero-order valence-electron chi connectivity index (χ0n) is 13.0. The van der Waals surface area contributed by atoms with Crippen molar-refractivity contribution in [3.05, 3.63) is 0 Å². The monoisotopic (exact) mass is 268 g/mol. The predicted molar refractivity (Wildman–Crippen MR) is 80.8 cm³/mol. The second-order valence-corrected chi connectivity index (χ2v) is 6.85. The average Bonchev–Trinajstić information content (AvgIpc) is 2.81. The Labute approximate surface area is 118 Å². The van der Waals surface area contributed by atoms with Gasteiger partial charge in [0.25, 0.3) is 0 Å². The van der Waals surface area contributed by atoms with Crippen LogP contribution in [0.25, 0.3) is 0 Å². The molecule has 0 saturated heterocycles. The number of nitrogens with two attached hydrogens (primary N) is 1. The van der Waals surface area contributed by atoms with Crippen LogP contribution in [-0.2, 0) is 4.79 Å². The Bertz CT molecular complexity index is 270. The molecule has 0 aromatic rings. The molecule has 1 aliphatic carbocycles. The van der Waals surface area contributed by atoms with Crippen LogP contribution < -0.4 is 11.1 Å². The quantitative estimate of drug-likeness (QED) is 0.711. The maximum Gasteiger partial charge on any atom is 0.222 e. The predicted octanol–water partition coefficient (Wildman–Crippen LogP) is 3.08. The summed E-state index contributed by atoms with van der Waals surface area (Å²) in [7, 11) is 0. The number of hydrogen-bond acceptors (Lipinski definition) is 2. The second kappa shape index (κ2) is 7.88. The molecule has 1 fully saturated rings. The molecule has 3 heteroatoms. The van der Waals surface area contributed by atoms with Gasteiger partial charge in [0.2, 0.25) is 5.91 Å². The Morgan fingerprint density at radius 2 is 1.89 bits per heavy atom. The molecule has 0 heterocycles. The summed E-state index contributed by atoms with van der Waals surface area (Å²) in [6, 6.07) is 0. The molecule has 1 rings (SSSR count). The van der Waals surface area contributed by atoms with Crippen molar-refractivity contribution >= 4 is 5.91 Å². The molecule has 0 aromatic heterocycles. The van der Waals surface area contributed by atoms with E-state index in [0.717, 1.165) is 19.4 Å². The van der Waals surface area contributed by atoms with E-state index in [1.54, 1.807) is 0 Å². The molecule has 3 N–H and O–H groups in total. The van der Waals surface area contributed by atoms with Crippen molar-refractivity contribution in [1.29, 1.82) is 0 Å². The molecule has 1 saturated carbocycles. The highest BCUT2D eigenvalue weighted by Crippen LogP contribution is 2.42. The fourth-order valence-electron chi connectivity index (χ4n) is 3.45. The third-order valence-electron chi connectivity index (χ3n) is 4.43. The molecule has 1 amide bonds. The zero-order valence-corrected chi connectivity index (χ0v) is 13.0. The van der Waals surface area contributed by atoms with Gasteiger partial charge in [0.1, 0.15) is 0 Å². The summed E-state index contributed by atoms with van der Waals surface area (Å²) in [6.07, 6.45) is 8.29. The van der Waals surface area contributed by atoms with E-state index >= 15 is 0 Å². The summed E-state index contributed by atoms with van der Waals surface area (Å²) in [5, 5.41) is 3.20. The Morgan fingerprint density at radius 3 is 2.42 bits per heavy atom. The second-order valence-electron chi connectivity index (χ2n) is 6.85. The number of amides is 1. The Morgan fingerprint density at radius 1 is 1.26 bits per heavy atom. The summed E-state index contributed by atoms with van der Waals surface area (Å²) < 4.78 is 0. The normalized spacial score (nSPS) is 19.6. The van der Waals surface area contributed by atoms with Gasteiger partial charge in [-0.25, -0.2) is 0 Å². The van der Waals surface area contributed by atoms with E-state index in [0.29, 0.717) is 17.9 Å². The van der Waals surface area contributed by atoms with E-state index in [9.17, 15) is 4.79 Å². The molecule has 1 unspecified atom stereocenters. The lowest BCUT2D eigenvalue weighted by molar-refractivity contribution is -0.125. The van der Waals surface area contributed by atoms with Crippen molar-refractivity contribution in [3.8, 4) is 0 Å². The van der Waals surface area contributed by atoms with Gasteiger partial charge in [-0.3, -0.25) is 4.79 Å². The average molecular weight is 268 g/mol. The smallest absolute Gasteiger partial charge is 0.222 e. The van der Waals surface area contributed by atoms with E-state index in [1.165, 1.54) is 32.1 Å². The highest BCUT2D eigenvalue weighted by molar-refractivity contribution is 5.78. The maximum absolute atomic E-state index is 12.1. The van der Waals surface area contributed by atoms with Crippen molar-refractivity contribution in [1.82, 2.24) is 5.32 Å². The molecule has 3 nitrogen and oxygen atoms in total. The van der Waals surface area contributed by atoms with Crippen LogP contribution in [0, 0.1) is 17.3 Å². The van der Waals surface area contributed by atoms with Gasteiger partial charge in [0.05, 0.1) is 0 Å². The van der Waals surface area contributed by atoms with Gasteiger partial charge in [-0.1, -0.05) is 33.6 Å². The van der Waals surface area contributed by atoms with Gasteiger partial charge in [-0.2, -0.15) is 0 Å². The first-order chi connectivity index (χ1) is 8.99. The van der Waals surface area contributed by atoms with Gasteiger partial charge in [-0.15, -0.1) is 0 Å². The number of carbonyl (C=O) groups excluding carboxylic acids is 1. The van der Waals surface area contributed by atoms with Gasteiger partial charge < -0.3 is 11.1 Å². The summed E-state index contributed by atoms with van der Waals surface area (Å²) in [5.41, 5.74) is 5.87. The van der Waals surface area contributed by atoms with Crippen molar-refractivity contribution in [2.75, 3.05) is 13.1 Å². The summed E-state index contributed by atoms with van der Waals surface area (Å²) >= 11 is 0. The van der Waals surface area contributed by atoms with E-state index in [2.05, 4.69) is 19.2 Å². The van der Waals surface area contributed by atoms with Crippen molar-refractivity contribution in [2.45, 2.75) is 65.7 Å². The molecule has 0 radical (unpaired) electrons. The number of nitrogens with one attached hydrogen (secondary N) is 1. The van der Waals surface area contributed by atoms with Crippen LogP contribution in [-0.4, -0.2) is 19.0 Å². The van der Waals surface area contributed by atoms with Gasteiger partial charge in [0, 0.05) is 12.5 Å². The number of hydrogen-bond donors (Lipinski definition) is 2. The topological polar surface area (TPSA) is 55.1 Å². The molecular weight excluding hydrogens is 236 g/mol. The molecule has 112 valence electrons. The minimum Gasteiger partial charge on any atom is -0.355 e. The summed E-state index contributed by atoms with van der Waals surface area (Å²) in [4.78, 5) is 12.1. The van der Waals surface area contributed by atoms with Crippen LogP contribution >= 0.6 is 0 Å². The van der Waals surface area contributed by atoms with Gasteiger partial charge in [-0.05, 0) is 50.0 Å². The Balaban J connectivity index is 2.41.